The second-order valence-corrected chi connectivity index (χ2v) is 11.6. The number of nitrogens with one attached hydrogen (secondary N) is 1. The molecule has 1 amide bonds. The Labute approximate surface area is 231 Å². The van der Waals surface area contributed by atoms with Gasteiger partial charge in [0.1, 0.15) is 5.56 Å². The fourth-order valence-electron chi connectivity index (χ4n) is 5.60. The largest absolute Gasteiger partial charge is 0.396 e. The van der Waals surface area contributed by atoms with Gasteiger partial charge in [0.2, 0.25) is 5.43 Å². The Morgan fingerprint density at radius 1 is 1.16 bits per heavy atom. The van der Waals surface area contributed by atoms with E-state index < -0.39 is 0 Å². The highest BCUT2D eigenvalue weighted by molar-refractivity contribution is 7.19. The van der Waals surface area contributed by atoms with E-state index in [1.165, 1.54) is 16.9 Å². The molecular weight excluding hydrogens is 518 g/mol. The van der Waals surface area contributed by atoms with Crippen LogP contribution >= 0.6 is 22.9 Å². The van der Waals surface area contributed by atoms with Crippen molar-refractivity contribution < 1.29 is 9.90 Å². The fourth-order valence-corrected chi connectivity index (χ4v) is 7.05. The molecule has 0 saturated carbocycles. The summed E-state index contributed by atoms with van der Waals surface area (Å²) in [4.78, 5) is 30.0. The predicted octanol–water partition coefficient (Wildman–Crippen LogP) is 5.44. The van der Waals surface area contributed by atoms with Crippen LogP contribution < -0.4 is 10.7 Å². The number of carbonyl (C=O) groups excluding carboxylic acids is 1. The number of thiophene rings is 1. The number of aliphatic hydroxyl groups excluding tert-OH is 1. The third kappa shape index (κ3) is 5.29. The second-order valence-electron chi connectivity index (χ2n) is 10.0. The highest BCUT2D eigenvalue weighted by Crippen LogP contribution is 2.39. The first-order chi connectivity index (χ1) is 18.4. The fraction of sp³-hybridized carbons (Fsp3) is 0.333. The maximum absolute atomic E-state index is 13.5. The minimum absolute atomic E-state index is 0.120. The molecule has 4 aromatic rings. The van der Waals surface area contributed by atoms with E-state index in [4.69, 9.17) is 11.6 Å². The summed E-state index contributed by atoms with van der Waals surface area (Å²) in [6.45, 7) is 4.14. The van der Waals surface area contributed by atoms with Crippen molar-refractivity contribution in [1.29, 1.82) is 0 Å². The van der Waals surface area contributed by atoms with Crippen molar-refractivity contribution in [1.82, 2.24) is 14.8 Å². The SMILES string of the molecule is Cc1c(CN2CCCC(CO)C2c2ccccc2)sc2c(=O)c(C(=O)NCc3ccc(Cl)cc3)cn(C)c12. The van der Waals surface area contributed by atoms with Gasteiger partial charge in [-0.1, -0.05) is 54.1 Å². The number of pyridine rings is 1. The average Bonchev–Trinajstić information content (AvgIpc) is 3.27. The number of aromatic nitrogens is 1. The van der Waals surface area contributed by atoms with Gasteiger partial charge in [0, 0.05) is 54.8 Å². The first-order valence-electron chi connectivity index (χ1n) is 12.9. The van der Waals surface area contributed by atoms with E-state index >= 15 is 0 Å². The number of hydrogen-bond donors (Lipinski definition) is 2. The molecule has 0 aliphatic carbocycles. The molecule has 8 heteroatoms. The van der Waals surface area contributed by atoms with Gasteiger partial charge in [-0.25, -0.2) is 0 Å². The van der Waals surface area contributed by atoms with Crippen LogP contribution in [0.4, 0.5) is 0 Å². The number of carbonyl (C=O) groups is 1. The zero-order chi connectivity index (χ0) is 26.8. The summed E-state index contributed by atoms with van der Waals surface area (Å²) >= 11 is 7.43. The smallest absolute Gasteiger partial charge is 0.257 e. The molecule has 2 atom stereocenters. The number of benzene rings is 2. The van der Waals surface area contributed by atoms with Crippen LogP contribution in [0.3, 0.4) is 0 Å². The maximum atomic E-state index is 13.5. The van der Waals surface area contributed by atoms with Gasteiger partial charge in [0.05, 0.1) is 10.2 Å². The number of amides is 1. The van der Waals surface area contributed by atoms with Crippen LogP contribution in [-0.2, 0) is 20.1 Å². The summed E-state index contributed by atoms with van der Waals surface area (Å²) in [5.41, 5.74) is 3.96. The lowest BCUT2D eigenvalue weighted by Gasteiger charge is -2.41. The summed E-state index contributed by atoms with van der Waals surface area (Å²) in [5, 5.41) is 13.6. The Bertz CT molecular complexity index is 1500. The molecule has 198 valence electrons. The first-order valence-corrected chi connectivity index (χ1v) is 14.1. The van der Waals surface area contributed by atoms with Gasteiger partial charge in [0.25, 0.3) is 5.91 Å². The van der Waals surface area contributed by atoms with E-state index in [0.29, 0.717) is 22.8 Å². The number of rotatable bonds is 7. The molecule has 2 unspecified atom stereocenters. The standard InChI is InChI=1S/C30H32ClN3O3S/c1-19-25(17-34-14-6-9-22(18-35)27(34)21-7-4-3-5-8-21)38-29-26(19)33(2)16-24(28(29)36)30(37)32-15-20-10-12-23(31)13-11-20/h3-5,7-8,10-13,16,22,27,35H,6,9,14-15,17-18H2,1-2H3,(H,32,37). The van der Waals surface area contributed by atoms with Crippen LogP contribution in [0, 0.1) is 12.8 Å². The van der Waals surface area contributed by atoms with Crippen LogP contribution in [0.5, 0.6) is 0 Å². The van der Waals surface area contributed by atoms with Crippen LogP contribution in [0.15, 0.2) is 65.6 Å². The summed E-state index contributed by atoms with van der Waals surface area (Å²) < 4.78 is 2.50. The number of nitrogens with zero attached hydrogens (tertiary/aromatic N) is 2. The number of aliphatic hydroxyl groups is 1. The Kier molecular flexibility index (Phi) is 8.00. The zero-order valence-corrected chi connectivity index (χ0v) is 23.2. The minimum atomic E-state index is -0.388. The van der Waals surface area contributed by atoms with Gasteiger partial charge >= 0.3 is 0 Å². The lowest BCUT2D eigenvalue weighted by Crippen LogP contribution is -2.39. The maximum Gasteiger partial charge on any atom is 0.257 e. The Balaban J connectivity index is 1.43. The lowest BCUT2D eigenvalue weighted by molar-refractivity contribution is 0.0500. The van der Waals surface area contributed by atoms with Gasteiger partial charge in [-0.3, -0.25) is 14.5 Å². The molecule has 38 heavy (non-hydrogen) atoms. The van der Waals surface area contributed by atoms with E-state index in [2.05, 4.69) is 29.3 Å². The lowest BCUT2D eigenvalue weighted by atomic mass is 9.85. The van der Waals surface area contributed by atoms with Crippen molar-refractivity contribution in [3.05, 3.63) is 103 Å². The van der Waals surface area contributed by atoms with Crippen molar-refractivity contribution in [3.63, 3.8) is 0 Å². The molecular formula is C30H32ClN3O3S. The van der Waals surface area contributed by atoms with Gasteiger partial charge in [-0.15, -0.1) is 11.3 Å². The summed E-state index contributed by atoms with van der Waals surface area (Å²) in [5.74, 6) is -0.219. The Morgan fingerprint density at radius 3 is 2.61 bits per heavy atom. The van der Waals surface area contributed by atoms with Gasteiger partial charge in [0.15, 0.2) is 0 Å². The Morgan fingerprint density at radius 2 is 1.89 bits per heavy atom. The van der Waals surface area contributed by atoms with Crippen molar-refractivity contribution in [3.8, 4) is 0 Å². The molecule has 2 aromatic heterocycles. The van der Waals surface area contributed by atoms with E-state index in [1.54, 1.807) is 18.3 Å². The van der Waals surface area contributed by atoms with Crippen LogP contribution in [0.25, 0.3) is 10.2 Å². The topological polar surface area (TPSA) is 74.6 Å². The van der Waals surface area contributed by atoms with Crippen molar-refractivity contribution in [2.45, 2.75) is 38.9 Å². The van der Waals surface area contributed by atoms with E-state index in [-0.39, 0.29) is 35.5 Å². The van der Waals surface area contributed by atoms with Crippen LogP contribution in [0.2, 0.25) is 5.02 Å². The third-order valence-electron chi connectivity index (χ3n) is 7.53. The molecule has 3 heterocycles. The molecule has 2 N–H and O–H groups in total. The molecule has 6 nitrogen and oxygen atoms in total. The van der Waals surface area contributed by atoms with Crippen LogP contribution in [-0.4, -0.2) is 33.6 Å². The highest BCUT2D eigenvalue weighted by Gasteiger charge is 2.33. The summed E-state index contributed by atoms with van der Waals surface area (Å²) in [6, 6.07) is 17.7. The normalized spacial score (nSPS) is 18.1. The monoisotopic (exact) mass is 549 g/mol. The van der Waals surface area contributed by atoms with Crippen molar-refractivity contribution in [2.24, 2.45) is 13.0 Å². The second kappa shape index (κ2) is 11.4. The quantitative estimate of drug-likeness (QED) is 0.322. The van der Waals surface area contributed by atoms with E-state index in [0.717, 1.165) is 40.9 Å². The number of aryl methyl sites for hydroxylation is 2. The predicted molar refractivity (Wildman–Crippen MR) is 154 cm³/mol. The number of halogens is 1. The Hall–Kier alpha value is -2.97. The zero-order valence-electron chi connectivity index (χ0n) is 21.6. The highest BCUT2D eigenvalue weighted by atomic mass is 35.5. The molecule has 0 spiro atoms. The molecule has 1 aliphatic heterocycles. The van der Waals surface area contributed by atoms with Gasteiger partial charge in [-0.05, 0) is 55.1 Å². The van der Waals surface area contributed by atoms with E-state index in [1.807, 2.05) is 41.9 Å². The summed E-state index contributed by atoms with van der Waals surface area (Å²) in [6.07, 6.45) is 3.66. The number of fused-ring (bicyclic) bond motifs is 1. The molecule has 1 saturated heterocycles. The third-order valence-corrected chi connectivity index (χ3v) is 9.05. The summed E-state index contributed by atoms with van der Waals surface area (Å²) in [7, 11) is 1.89. The number of likely N-dealkylation sites (tertiary alicyclic amines) is 1. The van der Waals surface area contributed by atoms with Crippen LogP contribution in [0.1, 0.15) is 50.8 Å². The number of piperidine rings is 1. The molecule has 0 bridgehead atoms. The minimum Gasteiger partial charge on any atom is -0.396 e. The van der Waals surface area contributed by atoms with Gasteiger partial charge < -0.3 is 15.0 Å². The molecule has 0 radical (unpaired) electrons. The molecule has 5 rings (SSSR count). The number of hydrogen-bond acceptors (Lipinski definition) is 5. The van der Waals surface area contributed by atoms with Crippen molar-refractivity contribution in [2.75, 3.05) is 13.2 Å². The van der Waals surface area contributed by atoms with E-state index in [9.17, 15) is 14.7 Å². The van der Waals surface area contributed by atoms with Crippen molar-refractivity contribution >= 4 is 39.1 Å². The average molecular weight is 550 g/mol. The van der Waals surface area contributed by atoms with Gasteiger partial charge in [-0.2, -0.15) is 0 Å². The molecule has 1 aliphatic rings. The molecule has 2 aromatic carbocycles. The first kappa shape index (κ1) is 26.6. The molecule has 1 fully saturated rings.